The third-order valence-electron chi connectivity index (χ3n) is 4.18. The molecule has 0 aliphatic carbocycles. The maximum atomic E-state index is 12.3. The maximum absolute atomic E-state index is 12.3. The first kappa shape index (κ1) is 17.6. The van der Waals surface area contributed by atoms with Gasteiger partial charge in [0.05, 0.1) is 5.69 Å². The number of nitrogens with zero attached hydrogens (tertiary/aromatic N) is 8. The smallest absolute Gasteiger partial charge is 0.272 e. The number of benzene rings is 1. The Balaban J connectivity index is 1.38. The number of hydrogen-bond donors (Lipinski definition) is 1. The number of hydrogen-bond acceptors (Lipinski definition) is 6. The summed E-state index contributed by atoms with van der Waals surface area (Å²) >= 11 is 0. The van der Waals surface area contributed by atoms with Gasteiger partial charge in [0.25, 0.3) is 5.91 Å². The van der Waals surface area contributed by atoms with Crippen LogP contribution >= 0.6 is 0 Å². The van der Waals surface area contributed by atoms with Crippen molar-refractivity contribution in [3.63, 3.8) is 0 Å². The summed E-state index contributed by atoms with van der Waals surface area (Å²) in [4.78, 5) is 13.8. The van der Waals surface area contributed by atoms with E-state index in [1.807, 2.05) is 50.5 Å². The van der Waals surface area contributed by atoms with Crippen LogP contribution in [0, 0.1) is 6.92 Å². The van der Waals surface area contributed by atoms with Crippen LogP contribution in [0.2, 0.25) is 0 Å². The van der Waals surface area contributed by atoms with Gasteiger partial charge in [0.2, 0.25) is 5.82 Å². The summed E-state index contributed by atoms with van der Waals surface area (Å²) in [7, 11) is 1.85. The van der Waals surface area contributed by atoms with Gasteiger partial charge in [0, 0.05) is 37.1 Å². The molecule has 0 radical (unpaired) electrons. The van der Waals surface area contributed by atoms with E-state index in [-0.39, 0.29) is 12.6 Å². The van der Waals surface area contributed by atoms with Crippen molar-refractivity contribution in [3.8, 4) is 11.4 Å². The maximum Gasteiger partial charge on any atom is 0.272 e. The lowest BCUT2D eigenvalue weighted by Gasteiger charge is -2.02. The fourth-order valence-electron chi connectivity index (χ4n) is 2.79. The van der Waals surface area contributed by atoms with Crippen LogP contribution in [-0.4, -0.2) is 45.7 Å². The van der Waals surface area contributed by atoms with E-state index in [0.29, 0.717) is 18.1 Å². The van der Waals surface area contributed by atoms with Crippen molar-refractivity contribution in [2.75, 3.05) is 0 Å². The first-order valence-corrected chi connectivity index (χ1v) is 8.72. The van der Waals surface area contributed by atoms with E-state index in [1.54, 1.807) is 21.6 Å². The molecule has 0 spiro atoms. The minimum absolute atomic E-state index is 0.251. The molecule has 1 N–H and O–H groups in total. The normalized spacial score (nSPS) is 10.9. The lowest BCUT2D eigenvalue weighted by Crippen LogP contribution is -2.24. The molecule has 0 bridgehead atoms. The van der Waals surface area contributed by atoms with E-state index >= 15 is 0 Å². The minimum atomic E-state index is -0.251. The van der Waals surface area contributed by atoms with Crippen LogP contribution in [0.4, 0.5) is 0 Å². The number of aryl methyl sites for hydroxylation is 2. The van der Waals surface area contributed by atoms with E-state index in [0.717, 1.165) is 16.8 Å². The molecule has 1 amide bonds. The minimum Gasteiger partial charge on any atom is -0.346 e. The van der Waals surface area contributed by atoms with Crippen LogP contribution < -0.4 is 5.32 Å². The molecule has 142 valence electrons. The van der Waals surface area contributed by atoms with Crippen molar-refractivity contribution in [2.24, 2.45) is 7.05 Å². The second-order valence-corrected chi connectivity index (χ2v) is 6.33. The topological polar surface area (TPSA) is 108 Å². The van der Waals surface area contributed by atoms with Crippen LogP contribution in [0.15, 0.2) is 48.8 Å². The Hall–Kier alpha value is -3.82. The average molecular weight is 377 g/mol. The van der Waals surface area contributed by atoms with Crippen molar-refractivity contribution in [1.29, 1.82) is 0 Å². The molecule has 3 heterocycles. The summed E-state index contributed by atoms with van der Waals surface area (Å²) in [5.41, 5.74) is 3.07. The van der Waals surface area contributed by atoms with Gasteiger partial charge in [-0.2, -0.15) is 10.2 Å². The first-order valence-electron chi connectivity index (χ1n) is 8.72. The number of tetrazole rings is 1. The highest BCUT2D eigenvalue weighted by atomic mass is 16.1. The highest BCUT2D eigenvalue weighted by molar-refractivity contribution is 5.92. The Morgan fingerprint density at radius 3 is 2.68 bits per heavy atom. The lowest BCUT2D eigenvalue weighted by atomic mass is 10.2. The van der Waals surface area contributed by atoms with Crippen molar-refractivity contribution in [2.45, 2.75) is 20.1 Å². The first-order chi connectivity index (χ1) is 13.6. The molecular weight excluding hydrogens is 358 g/mol. The molecule has 10 nitrogen and oxygen atoms in total. The van der Waals surface area contributed by atoms with Gasteiger partial charge in [-0.1, -0.05) is 30.3 Å². The summed E-state index contributed by atoms with van der Waals surface area (Å²) in [6.07, 6.45) is 3.59. The number of aromatic nitrogens is 8. The van der Waals surface area contributed by atoms with Gasteiger partial charge >= 0.3 is 0 Å². The monoisotopic (exact) mass is 377 g/mol. The Morgan fingerprint density at radius 2 is 1.93 bits per heavy atom. The predicted molar refractivity (Wildman–Crippen MR) is 100.0 cm³/mol. The molecule has 0 unspecified atom stereocenters. The fourth-order valence-corrected chi connectivity index (χ4v) is 2.79. The molecule has 0 atom stereocenters. The van der Waals surface area contributed by atoms with Gasteiger partial charge in [-0.05, 0) is 18.2 Å². The largest absolute Gasteiger partial charge is 0.346 e. The molecule has 0 saturated heterocycles. The fraction of sp³-hybridized carbons (Fsp3) is 0.222. The van der Waals surface area contributed by atoms with Gasteiger partial charge in [0.15, 0.2) is 6.67 Å². The van der Waals surface area contributed by atoms with Gasteiger partial charge in [-0.15, -0.1) is 15.0 Å². The zero-order valence-electron chi connectivity index (χ0n) is 15.5. The highest BCUT2D eigenvalue weighted by Crippen LogP contribution is 2.11. The number of carbonyl (C=O) groups is 1. The Kier molecular flexibility index (Phi) is 4.67. The van der Waals surface area contributed by atoms with Crippen LogP contribution in [0.5, 0.6) is 0 Å². The van der Waals surface area contributed by atoms with Crippen LogP contribution in [0.25, 0.3) is 11.4 Å². The third-order valence-corrected chi connectivity index (χ3v) is 4.18. The van der Waals surface area contributed by atoms with E-state index in [4.69, 9.17) is 0 Å². The molecule has 0 saturated carbocycles. The highest BCUT2D eigenvalue weighted by Gasteiger charge is 2.12. The molecule has 0 fully saturated rings. The molecular formula is C18H19N9O. The van der Waals surface area contributed by atoms with Gasteiger partial charge in [-0.3, -0.25) is 9.48 Å². The summed E-state index contributed by atoms with van der Waals surface area (Å²) in [6.45, 7) is 2.57. The van der Waals surface area contributed by atoms with Crippen LogP contribution in [-0.2, 0) is 20.3 Å². The Morgan fingerprint density at radius 1 is 1.11 bits per heavy atom. The van der Waals surface area contributed by atoms with Crippen molar-refractivity contribution in [3.05, 3.63) is 65.7 Å². The van der Waals surface area contributed by atoms with Gasteiger partial charge in [0.1, 0.15) is 5.69 Å². The number of nitrogens with one attached hydrogen (secondary N) is 1. The van der Waals surface area contributed by atoms with Crippen molar-refractivity contribution in [1.82, 2.24) is 45.1 Å². The van der Waals surface area contributed by atoms with E-state index in [1.165, 1.54) is 4.80 Å². The number of rotatable bonds is 6. The van der Waals surface area contributed by atoms with Gasteiger partial charge in [-0.25, -0.2) is 4.68 Å². The summed E-state index contributed by atoms with van der Waals surface area (Å²) in [5.74, 6) is 0.288. The molecule has 4 aromatic rings. The van der Waals surface area contributed by atoms with Crippen molar-refractivity contribution >= 4 is 5.91 Å². The second kappa shape index (κ2) is 7.43. The summed E-state index contributed by atoms with van der Waals surface area (Å²) in [5, 5.41) is 23.8. The molecule has 4 rings (SSSR count). The molecule has 1 aromatic carbocycles. The Bertz CT molecular complexity index is 1090. The average Bonchev–Trinajstić information content (AvgIpc) is 3.42. The zero-order chi connectivity index (χ0) is 19.5. The predicted octanol–water partition coefficient (Wildman–Crippen LogP) is 1.01. The number of carbonyl (C=O) groups excluding carboxylic acids is 1. The Labute approximate surface area is 160 Å². The van der Waals surface area contributed by atoms with E-state index in [9.17, 15) is 4.79 Å². The van der Waals surface area contributed by atoms with E-state index < -0.39 is 0 Å². The van der Waals surface area contributed by atoms with Crippen LogP contribution in [0.1, 0.15) is 21.7 Å². The second-order valence-electron chi connectivity index (χ2n) is 6.33. The molecule has 3 aromatic heterocycles. The number of amides is 1. The SMILES string of the molecule is Cc1nn(C)cc1CNC(=O)c1ccn(Cn2nnc(-c3ccccc3)n2)n1. The molecule has 10 heteroatoms. The van der Waals surface area contributed by atoms with Gasteiger partial charge < -0.3 is 5.32 Å². The zero-order valence-corrected chi connectivity index (χ0v) is 15.5. The van der Waals surface area contributed by atoms with E-state index in [2.05, 4.69) is 30.9 Å². The lowest BCUT2D eigenvalue weighted by molar-refractivity contribution is 0.0945. The molecule has 0 aliphatic heterocycles. The summed E-state index contributed by atoms with van der Waals surface area (Å²) < 4.78 is 3.31. The molecule has 0 aliphatic rings. The standard InChI is InChI=1S/C18H19N9O/c1-13-15(11-25(2)21-13)10-19-18(28)16-8-9-26(22-16)12-27-23-17(20-24-27)14-6-4-3-5-7-14/h3-9,11H,10,12H2,1-2H3,(H,19,28). The summed E-state index contributed by atoms with van der Waals surface area (Å²) in [6, 6.07) is 11.3. The quantitative estimate of drug-likeness (QED) is 0.537. The van der Waals surface area contributed by atoms with Crippen LogP contribution in [0.3, 0.4) is 0 Å². The van der Waals surface area contributed by atoms with Crippen molar-refractivity contribution < 1.29 is 4.79 Å². The molecule has 28 heavy (non-hydrogen) atoms. The third kappa shape index (κ3) is 3.80.